The summed E-state index contributed by atoms with van der Waals surface area (Å²) in [5, 5.41) is 0. The van der Waals surface area contributed by atoms with Crippen molar-refractivity contribution >= 4 is 5.97 Å². The number of carbonyl (C=O) groups is 1. The average molecular weight is 260 g/mol. The molecule has 0 bridgehead atoms. The van der Waals surface area contributed by atoms with Crippen molar-refractivity contribution in [3.05, 3.63) is 31.4 Å². The molecule has 0 aromatic carbocycles. The number of carbonyl (C=O) groups excluding carboxylic acids is 1. The van der Waals surface area contributed by atoms with Crippen molar-refractivity contribution in [3.8, 4) is 0 Å². The molecule has 0 aliphatic rings. The summed E-state index contributed by atoms with van der Waals surface area (Å²) >= 11 is 0. The van der Waals surface area contributed by atoms with E-state index in [0.717, 1.165) is 18.8 Å². The van der Waals surface area contributed by atoms with Gasteiger partial charge in [0.1, 0.15) is 0 Å². The van der Waals surface area contributed by atoms with Crippen molar-refractivity contribution in [1.82, 2.24) is 0 Å². The monoisotopic (exact) mass is 260 g/mol. The molecule has 0 amide bonds. The van der Waals surface area contributed by atoms with E-state index in [9.17, 15) is 4.79 Å². The van der Waals surface area contributed by atoms with Crippen LogP contribution in [0, 0.1) is 12.0 Å². The molecular formula is C15H25NaO2. The van der Waals surface area contributed by atoms with Gasteiger partial charge in [-0.1, -0.05) is 59.0 Å². The minimum absolute atomic E-state index is 0. The van der Waals surface area contributed by atoms with E-state index in [1.165, 1.54) is 31.8 Å². The van der Waals surface area contributed by atoms with Gasteiger partial charge in [-0.2, -0.15) is 6.08 Å². The van der Waals surface area contributed by atoms with Crippen LogP contribution in [0.3, 0.4) is 0 Å². The molecule has 0 aromatic rings. The third-order valence-electron chi connectivity index (χ3n) is 2.58. The summed E-state index contributed by atoms with van der Waals surface area (Å²) in [6.07, 6.45) is 10.3. The van der Waals surface area contributed by atoms with Crippen LogP contribution >= 0.6 is 0 Å². The van der Waals surface area contributed by atoms with E-state index in [1.807, 2.05) is 0 Å². The van der Waals surface area contributed by atoms with Crippen molar-refractivity contribution in [1.29, 1.82) is 0 Å². The van der Waals surface area contributed by atoms with Crippen LogP contribution in [-0.4, -0.2) is 5.97 Å². The third-order valence-corrected chi connectivity index (χ3v) is 2.58. The van der Waals surface area contributed by atoms with Gasteiger partial charge in [0, 0.05) is 6.08 Å². The zero-order valence-electron chi connectivity index (χ0n) is 12.2. The van der Waals surface area contributed by atoms with Crippen molar-refractivity contribution < 1.29 is 39.1 Å². The second-order valence-corrected chi connectivity index (χ2v) is 4.64. The molecule has 0 fully saturated rings. The molecule has 98 valence electrons. The predicted molar refractivity (Wildman–Crippen MR) is 72.3 cm³/mol. The largest absolute Gasteiger partial charge is 1.00 e. The summed E-state index contributed by atoms with van der Waals surface area (Å²) in [5.41, 5.74) is 0. The number of ether oxygens (including phenoxy) is 1. The summed E-state index contributed by atoms with van der Waals surface area (Å²) in [7, 11) is 0. The third kappa shape index (κ3) is 12.3. The number of hydrogen-bond acceptors (Lipinski definition) is 2. The maximum Gasteiger partial charge on any atom is 1.00 e. The van der Waals surface area contributed by atoms with E-state index in [0.29, 0.717) is 6.10 Å². The van der Waals surface area contributed by atoms with E-state index in [-0.39, 0.29) is 29.6 Å². The average Bonchev–Trinajstić information content (AvgIpc) is 2.31. The fourth-order valence-corrected chi connectivity index (χ4v) is 1.57. The van der Waals surface area contributed by atoms with Gasteiger partial charge in [0.2, 0.25) is 0 Å². The quantitative estimate of drug-likeness (QED) is 0.195. The van der Waals surface area contributed by atoms with Gasteiger partial charge in [0.25, 0.3) is 0 Å². The van der Waals surface area contributed by atoms with Gasteiger partial charge in [0.05, 0.1) is 0 Å². The zero-order valence-corrected chi connectivity index (χ0v) is 14.2. The summed E-state index contributed by atoms with van der Waals surface area (Å²) in [5.74, 6) is 0.388. The summed E-state index contributed by atoms with van der Waals surface area (Å²) < 4.78 is 5.04. The molecule has 0 aliphatic heterocycles. The molecule has 0 radical (unpaired) electrons. The Kier molecular flexibility index (Phi) is 14.8. The Labute approximate surface area is 134 Å². The van der Waals surface area contributed by atoms with Crippen molar-refractivity contribution in [2.45, 2.75) is 52.4 Å². The topological polar surface area (TPSA) is 26.3 Å². The molecule has 0 atom stereocenters. The molecule has 3 heteroatoms. The van der Waals surface area contributed by atoms with Crippen LogP contribution in [0.4, 0.5) is 0 Å². The molecule has 18 heavy (non-hydrogen) atoms. The van der Waals surface area contributed by atoms with Crippen molar-refractivity contribution in [3.63, 3.8) is 0 Å². The van der Waals surface area contributed by atoms with Gasteiger partial charge in [-0.3, -0.25) is 0 Å². The maximum atomic E-state index is 11.0. The Hall–Kier alpha value is -0.180. The first-order valence-electron chi connectivity index (χ1n) is 6.42. The smallest absolute Gasteiger partial charge is 0.521 e. The predicted octanol–water partition coefficient (Wildman–Crippen LogP) is 1.43. The molecule has 0 N–H and O–H groups in total. The second-order valence-electron chi connectivity index (χ2n) is 4.64. The van der Waals surface area contributed by atoms with Gasteiger partial charge in [-0.05, 0) is 12.0 Å². The van der Waals surface area contributed by atoms with Gasteiger partial charge >= 0.3 is 35.5 Å². The number of esters is 1. The van der Waals surface area contributed by atoms with E-state index in [4.69, 9.17) is 4.74 Å². The fraction of sp³-hybridized carbons (Fsp3) is 0.600. The van der Waals surface area contributed by atoms with E-state index >= 15 is 0 Å². The van der Waals surface area contributed by atoms with E-state index < -0.39 is 5.97 Å². The minimum atomic E-state index is -0.403. The molecule has 0 rings (SSSR count). The molecule has 0 aromatic heterocycles. The minimum Gasteiger partial charge on any atom is -0.521 e. The van der Waals surface area contributed by atoms with Crippen LogP contribution in [0.25, 0.3) is 0 Å². The van der Waals surface area contributed by atoms with Crippen LogP contribution < -0.4 is 29.6 Å². The first kappa shape index (κ1) is 20.1. The van der Waals surface area contributed by atoms with Crippen LogP contribution in [0.5, 0.6) is 0 Å². The van der Waals surface area contributed by atoms with Crippen LogP contribution in [0.1, 0.15) is 52.4 Å². The normalized spacial score (nSPS) is 9.50. The van der Waals surface area contributed by atoms with Gasteiger partial charge in [-0.15, -0.1) is 0 Å². The van der Waals surface area contributed by atoms with E-state index in [1.54, 1.807) is 6.08 Å². The first-order valence-corrected chi connectivity index (χ1v) is 6.42. The Morgan fingerprint density at radius 2 is 1.83 bits per heavy atom. The first-order chi connectivity index (χ1) is 8.10. The molecule has 0 unspecified atom stereocenters. The SMILES string of the molecule is C=CC(=O)O[C-](C=C)CCCCCCC(C)C.[Na+]. The molecule has 0 saturated heterocycles. The number of unbranched alkanes of at least 4 members (excludes halogenated alkanes) is 3. The standard InChI is InChI=1S/C15H25O2.Na/c1-5-14(17-15(16)6-2)12-10-8-7-9-11-13(3)4;/h5-6,13H,1-2,7-12H2,3-4H3;/q-1;+1. The Balaban J connectivity index is 0. The van der Waals surface area contributed by atoms with Crippen molar-refractivity contribution in [2.75, 3.05) is 0 Å². The van der Waals surface area contributed by atoms with Gasteiger partial charge < -0.3 is 4.74 Å². The number of hydrogen-bond donors (Lipinski definition) is 0. The Morgan fingerprint density at radius 1 is 1.22 bits per heavy atom. The molecule has 2 nitrogen and oxygen atoms in total. The van der Waals surface area contributed by atoms with Gasteiger partial charge in [-0.25, -0.2) is 11.4 Å². The Morgan fingerprint density at radius 3 is 2.33 bits per heavy atom. The van der Waals surface area contributed by atoms with Crippen molar-refractivity contribution in [2.24, 2.45) is 5.92 Å². The van der Waals surface area contributed by atoms with Gasteiger partial charge in [0.15, 0.2) is 0 Å². The summed E-state index contributed by atoms with van der Waals surface area (Å²) in [6, 6.07) is 0. The van der Waals surface area contributed by atoms with Crippen LogP contribution in [0.15, 0.2) is 25.3 Å². The molecular weight excluding hydrogens is 235 g/mol. The Bertz CT molecular complexity index is 237. The van der Waals surface area contributed by atoms with E-state index in [2.05, 4.69) is 27.0 Å². The summed E-state index contributed by atoms with van der Waals surface area (Å²) in [4.78, 5) is 11.0. The fourth-order valence-electron chi connectivity index (χ4n) is 1.57. The molecule has 0 saturated carbocycles. The molecule has 0 aliphatic carbocycles. The summed E-state index contributed by atoms with van der Waals surface area (Å²) in [6.45, 7) is 11.5. The van der Waals surface area contributed by atoms with Crippen LogP contribution in [0.2, 0.25) is 0 Å². The zero-order chi connectivity index (χ0) is 13.1. The maximum absolute atomic E-state index is 11.0. The molecule has 0 heterocycles. The van der Waals surface area contributed by atoms with Crippen LogP contribution in [-0.2, 0) is 9.53 Å². The second kappa shape index (κ2) is 13.3. The number of rotatable bonds is 10. The molecule has 0 spiro atoms.